The number of aldehydes is 1. The Hall–Kier alpha value is -1.38. The first kappa shape index (κ1) is 13.7. The molecule has 0 unspecified atom stereocenters. The summed E-state index contributed by atoms with van der Waals surface area (Å²) in [6.07, 6.45) is 1.35. The van der Waals surface area contributed by atoms with Gasteiger partial charge in [0.15, 0.2) is 12.1 Å². The first-order valence-electron chi connectivity index (χ1n) is 6.09. The monoisotopic (exact) mass is 235 g/mol. The predicted molar refractivity (Wildman–Crippen MR) is 68.8 cm³/mol. The molecule has 0 saturated carbocycles. The van der Waals surface area contributed by atoms with Crippen molar-refractivity contribution in [3.63, 3.8) is 0 Å². The summed E-state index contributed by atoms with van der Waals surface area (Å²) < 4.78 is 0. The molecule has 0 bridgehead atoms. The molecular weight excluding hydrogens is 214 g/mol. The average molecular weight is 235 g/mol. The second kappa shape index (κ2) is 5.30. The number of hydrogen-bond donors (Lipinski definition) is 1. The highest BCUT2D eigenvalue weighted by molar-refractivity contribution is 5.98. The van der Waals surface area contributed by atoms with E-state index in [1.54, 1.807) is 0 Å². The molecule has 1 aromatic rings. The molecule has 1 heterocycles. The second-order valence-electron chi connectivity index (χ2n) is 5.25. The lowest BCUT2D eigenvalue weighted by Crippen LogP contribution is -2.05. The van der Waals surface area contributed by atoms with Crippen LogP contribution >= 0.6 is 0 Å². The van der Waals surface area contributed by atoms with Crippen LogP contribution in [0.5, 0.6) is 0 Å². The first-order chi connectivity index (χ1) is 7.88. The van der Waals surface area contributed by atoms with Gasteiger partial charge in [0.05, 0.1) is 5.69 Å². The van der Waals surface area contributed by atoms with E-state index < -0.39 is 0 Å². The van der Waals surface area contributed by atoms with E-state index in [0.717, 1.165) is 17.5 Å². The highest BCUT2D eigenvalue weighted by Gasteiger charge is 2.20. The van der Waals surface area contributed by atoms with Gasteiger partial charge in [0, 0.05) is 17.7 Å². The zero-order valence-corrected chi connectivity index (χ0v) is 11.3. The van der Waals surface area contributed by atoms with Crippen LogP contribution in [0.2, 0.25) is 0 Å². The van der Waals surface area contributed by atoms with E-state index in [-0.39, 0.29) is 11.7 Å². The molecule has 94 valence electrons. The molecule has 0 fully saturated rings. The third kappa shape index (κ3) is 2.84. The highest BCUT2D eigenvalue weighted by Crippen LogP contribution is 2.24. The highest BCUT2D eigenvalue weighted by atomic mass is 16.1. The minimum absolute atomic E-state index is 0.0903. The smallest absolute Gasteiger partial charge is 0.179 e. The molecule has 0 aliphatic heterocycles. The number of Topliss-reactive ketones (excluding diaryl/α,β-unsaturated/α-hetero) is 1. The number of H-pyrrole nitrogens is 1. The lowest BCUT2D eigenvalue weighted by atomic mass is 10.0. The number of hydrogen-bond acceptors (Lipinski definition) is 2. The fourth-order valence-electron chi connectivity index (χ4n) is 1.99. The molecule has 17 heavy (non-hydrogen) atoms. The molecule has 0 radical (unpaired) electrons. The lowest BCUT2D eigenvalue weighted by Gasteiger charge is -2.03. The van der Waals surface area contributed by atoms with Crippen LogP contribution in [0.4, 0.5) is 0 Å². The maximum atomic E-state index is 12.0. The van der Waals surface area contributed by atoms with E-state index in [4.69, 9.17) is 0 Å². The van der Waals surface area contributed by atoms with Crippen LogP contribution in [0.15, 0.2) is 0 Å². The van der Waals surface area contributed by atoms with Crippen LogP contribution in [0, 0.1) is 12.8 Å². The molecule has 1 aromatic heterocycles. The molecule has 0 aliphatic rings. The van der Waals surface area contributed by atoms with E-state index in [0.29, 0.717) is 23.6 Å². The Balaban J connectivity index is 3.18. The van der Waals surface area contributed by atoms with Gasteiger partial charge in [-0.2, -0.15) is 0 Å². The third-order valence-electron chi connectivity index (χ3n) is 2.90. The van der Waals surface area contributed by atoms with Crippen LogP contribution < -0.4 is 0 Å². The first-order valence-corrected chi connectivity index (χ1v) is 6.09. The van der Waals surface area contributed by atoms with Gasteiger partial charge in [0.1, 0.15) is 0 Å². The summed E-state index contributed by atoms with van der Waals surface area (Å²) in [5, 5.41) is 0. The van der Waals surface area contributed by atoms with Crippen molar-refractivity contribution in [2.45, 2.75) is 47.0 Å². The summed E-state index contributed by atoms with van der Waals surface area (Å²) in [5.41, 5.74) is 2.90. The van der Waals surface area contributed by atoms with Crippen molar-refractivity contribution in [1.29, 1.82) is 0 Å². The Morgan fingerprint density at radius 3 is 2.24 bits per heavy atom. The number of carbonyl (C=O) groups excluding carboxylic acids is 2. The summed E-state index contributed by atoms with van der Waals surface area (Å²) in [5.74, 6) is 0.634. The normalized spacial score (nSPS) is 11.2. The SMILES string of the molecule is Cc1c(C(=O)CC(C)C)[nH]c(C(C)C)c1C=O. The number of ketones is 1. The number of aromatic amines is 1. The fraction of sp³-hybridized carbons (Fsp3) is 0.571. The van der Waals surface area contributed by atoms with Crippen molar-refractivity contribution >= 4 is 12.1 Å². The molecule has 3 nitrogen and oxygen atoms in total. The molecule has 1 N–H and O–H groups in total. The van der Waals surface area contributed by atoms with Crippen LogP contribution in [-0.4, -0.2) is 17.1 Å². The van der Waals surface area contributed by atoms with E-state index in [9.17, 15) is 9.59 Å². The molecule has 0 spiro atoms. The van der Waals surface area contributed by atoms with Crippen LogP contribution in [-0.2, 0) is 0 Å². The second-order valence-corrected chi connectivity index (χ2v) is 5.25. The van der Waals surface area contributed by atoms with Crippen molar-refractivity contribution in [3.8, 4) is 0 Å². The van der Waals surface area contributed by atoms with Gasteiger partial charge in [0.2, 0.25) is 0 Å². The largest absolute Gasteiger partial charge is 0.355 e. The third-order valence-corrected chi connectivity index (χ3v) is 2.90. The fourth-order valence-corrected chi connectivity index (χ4v) is 1.99. The minimum atomic E-state index is 0.0903. The van der Waals surface area contributed by atoms with Gasteiger partial charge >= 0.3 is 0 Å². The van der Waals surface area contributed by atoms with Gasteiger partial charge in [-0.05, 0) is 24.3 Å². The minimum Gasteiger partial charge on any atom is -0.355 e. The van der Waals surface area contributed by atoms with E-state index in [1.807, 2.05) is 34.6 Å². The quantitative estimate of drug-likeness (QED) is 0.627. The maximum Gasteiger partial charge on any atom is 0.179 e. The standard InChI is InChI=1S/C14H21NO2/c1-8(2)6-12(17)14-10(5)11(7-16)13(15-14)9(3)4/h7-9,15H,6H2,1-5H3. The molecule has 0 saturated heterocycles. The molecule has 1 rings (SSSR count). The van der Waals surface area contributed by atoms with Crippen LogP contribution in [0.3, 0.4) is 0 Å². The van der Waals surface area contributed by atoms with Gasteiger partial charge < -0.3 is 4.98 Å². The van der Waals surface area contributed by atoms with Gasteiger partial charge in [0.25, 0.3) is 0 Å². The average Bonchev–Trinajstić information content (AvgIpc) is 2.54. The van der Waals surface area contributed by atoms with Gasteiger partial charge in [-0.15, -0.1) is 0 Å². The molecule has 3 heteroatoms. The van der Waals surface area contributed by atoms with Crippen molar-refractivity contribution in [3.05, 3.63) is 22.5 Å². The molecule has 0 aromatic carbocycles. The Bertz CT molecular complexity index is 428. The zero-order valence-electron chi connectivity index (χ0n) is 11.3. The summed E-state index contributed by atoms with van der Waals surface area (Å²) in [7, 11) is 0. The zero-order chi connectivity index (χ0) is 13.2. The summed E-state index contributed by atoms with van der Waals surface area (Å²) >= 11 is 0. The Labute approximate surface area is 103 Å². The van der Waals surface area contributed by atoms with E-state index >= 15 is 0 Å². The summed E-state index contributed by atoms with van der Waals surface area (Å²) in [6, 6.07) is 0. The molecule has 0 aliphatic carbocycles. The maximum absolute atomic E-state index is 12.0. The molecular formula is C14H21NO2. The lowest BCUT2D eigenvalue weighted by molar-refractivity contribution is 0.0962. The number of carbonyl (C=O) groups is 2. The number of rotatable bonds is 5. The van der Waals surface area contributed by atoms with Crippen molar-refractivity contribution in [1.82, 2.24) is 4.98 Å². The number of nitrogens with one attached hydrogen (secondary N) is 1. The Morgan fingerprint density at radius 1 is 1.29 bits per heavy atom. The summed E-state index contributed by atoms with van der Waals surface area (Å²) in [6.45, 7) is 9.88. The summed E-state index contributed by atoms with van der Waals surface area (Å²) in [4.78, 5) is 26.2. The molecule has 0 amide bonds. The van der Waals surface area contributed by atoms with Crippen molar-refractivity contribution in [2.24, 2.45) is 5.92 Å². The predicted octanol–water partition coefficient (Wildman–Crippen LogP) is 3.49. The van der Waals surface area contributed by atoms with Crippen molar-refractivity contribution in [2.75, 3.05) is 0 Å². The molecule has 0 atom stereocenters. The van der Waals surface area contributed by atoms with Crippen LogP contribution in [0.1, 0.15) is 72.1 Å². The van der Waals surface area contributed by atoms with E-state index in [2.05, 4.69) is 4.98 Å². The van der Waals surface area contributed by atoms with Gasteiger partial charge in [-0.25, -0.2) is 0 Å². The van der Waals surface area contributed by atoms with Gasteiger partial charge in [-0.1, -0.05) is 27.7 Å². The van der Waals surface area contributed by atoms with Gasteiger partial charge in [-0.3, -0.25) is 9.59 Å². The topological polar surface area (TPSA) is 49.9 Å². The van der Waals surface area contributed by atoms with Crippen LogP contribution in [0.25, 0.3) is 0 Å². The number of aromatic nitrogens is 1. The van der Waals surface area contributed by atoms with E-state index in [1.165, 1.54) is 0 Å². The van der Waals surface area contributed by atoms with Crippen molar-refractivity contribution < 1.29 is 9.59 Å². The Kier molecular flexibility index (Phi) is 4.27. The Morgan fingerprint density at radius 2 is 1.88 bits per heavy atom.